The van der Waals surface area contributed by atoms with Gasteiger partial charge >= 0.3 is 11.9 Å². The molecule has 0 aromatic rings. The van der Waals surface area contributed by atoms with Gasteiger partial charge in [-0.1, -0.05) is 199 Å². The van der Waals surface area contributed by atoms with Crippen LogP contribution in [0.5, 0.6) is 0 Å². The van der Waals surface area contributed by atoms with Crippen molar-refractivity contribution in [3.63, 3.8) is 0 Å². The molecule has 0 aliphatic carbocycles. The number of esters is 2. The molecule has 6 N–H and O–H groups in total. The fourth-order valence-electron chi connectivity index (χ4n) is 7.73. The summed E-state index contributed by atoms with van der Waals surface area (Å²) in [7, 11) is 6.38. The van der Waals surface area contributed by atoms with Gasteiger partial charge in [-0.3, -0.25) is 28.8 Å². The van der Waals surface area contributed by atoms with Gasteiger partial charge in [0.25, 0.3) is 0 Å². The first-order chi connectivity index (χ1) is 34.1. The molecule has 0 rings (SSSR count). The molecule has 410 valence electrons. The Hall–Kier alpha value is -1.82. The van der Waals surface area contributed by atoms with Crippen molar-refractivity contribution in [3.8, 4) is 0 Å². The molecular weight excluding hydrogens is 963 g/mol. The van der Waals surface area contributed by atoms with Crippen LogP contribution in [-0.2, 0) is 38.2 Å². The van der Waals surface area contributed by atoms with Crippen LogP contribution in [0.1, 0.15) is 220 Å². The monoisotopic (exact) mass is 1060 g/mol. The van der Waals surface area contributed by atoms with Gasteiger partial charge in [-0.2, -0.15) is 0 Å². The van der Waals surface area contributed by atoms with Crippen LogP contribution in [0.3, 0.4) is 0 Å². The number of amides is 4. The Morgan fingerprint density at radius 3 is 1.04 bits per heavy atom. The standard InChI is InChI=1S/C53H101N5O8S4/c1-5-9-13-17-19-23-27-45(25-21-15-11-7-3)43-65-51(62)33-31-49(60)56-36-40-68-67-39-35-55-48(59)30-29-47(54)53(64)58-38-42-70-69-41-37-57-50(61)32-34-52(63)66-44-46(26-22-16-12-8-4)28-24-20-18-14-10-6-2/h45-47H,5-44,54H2,1-4H3,(H,55,59)(H,56,60)(H,57,61)(H,58,64). The summed E-state index contributed by atoms with van der Waals surface area (Å²) in [6.45, 7) is 11.7. The molecule has 0 aromatic heterocycles. The predicted molar refractivity (Wildman–Crippen MR) is 300 cm³/mol. The first-order valence-corrected chi connectivity index (χ1v) is 32.7. The zero-order chi connectivity index (χ0) is 51.6. The van der Waals surface area contributed by atoms with E-state index in [0.717, 1.165) is 25.7 Å². The van der Waals surface area contributed by atoms with Crippen molar-refractivity contribution in [2.75, 3.05) is 62.4 Å². The maximum Gasteiger partial charge on any atom is 0.306 e. The van der Waals surface area contributed by atoms with Crippen molar-refractivity contribution in [2.24, 2.45) is 17.6 Å². The van der Waals surface area contributed by atoms with Gasteiger partial charge in [0.15, 0.2) is 0 Å². The van der Waals surface area contributed by atoms with E-state index in [2.05, 4.69) is 49.0 Å². The zero-order valence-corrected chi connectivity index (χ0v) is 47.8. The first kappa shape index (κ1) is 68.2. The summed E-state index contributed by atoms with van der Waals surface area (Å²) in [5.41, 5.74) is 6.03. The van der Waals surface area contributed by atoms with Gasteiger partial charge in [0.2, 0.25) is 23.6 Å². The van der Waals surface area contributed by atoms with Crippen LogP contribution in [0.25, 0.3) is 0 Å². The summed E-state index contributed by atoms with van der Waals surface area (Å²) in [5.74, 6) is 2.18. The molecule has 17 heteroatoms. The third-order valence-corrected chi connectivity index (χ3v) is 16.9. The predicted octanol–water partition coefficient (Wildman–Crippen LogP) is 11.6. The fourth-order valence-corrected chi connectivity index (χ4v) is 11.4. The van der Waals surface area contributed by atoms with Crippen molar-refractivity contribution >= 4 is 78.7 Å². The Balaban J connectivity index is 3.93. The third-order valence-electron chi connectivity index (χ3n) is 12.1. The molecule has 0 aromatic carbocycles. The van der Waals surface area contributed by atoms with E-state index in [0.29, 0.717) is 74.2 Å². The second kappa shape index (κ2) is 52.1. The molecule has 0 aliphatic rings. The Kier molecular flexibility index (Phi) is 50.7. The molecule has 3 atom stereocenters. The summed E-state index contributed by atoms with van der Waals surface area (Å²) in [6, 6.07) is -0.777. The van der Waals surface area contributed by atoms with Crippen molar-refractivity contribution < 1.29 is 38.2 Å². The number of hydrogen-bond acceptors (Lipinski definition) is 13. The van der Waals surface area contributed by atoms with E-state index in [9.17, 15) is 28.8 Å². The number of carbonyl (C=O) groups is 6. The molecule has 0 radical (unpaired) electrons. The quantitative estimate of drug-likeness (QED) is 0.0220. The van der Waals surface area contributed by atoms with Crippen LogP contribution in [0, 0.1) is 11.8 Å². The highest BCUT2D eigenvalue weighted by Crippen LogP contribution is 2.23. The van der Waals surface area contributed by atoms with Crippen molar-refractivity contribution in [1.82, 2.24) is 21.3 Å². The Morgan fingerprint density at radius 2 is 0.686 bits per heavy atom. The SMILES string of the molecule is CCCCCCCCC(CCCCCC)COC(=O)CCC(=O)NCCSSCCNC(=O)CCC(N)C(=O)NCCSSCCNC(=O)CCC(=O)OCC(CCCCCC)CCCCCCCC. The molecule has 4 amide bonds. The second-order valence-corrected chi connectivity index (χ2v) is 24.1. The highest BCUT2D eigenvalue weighted by Gasteiger charge is 2.17. The lowest BCUT2D eigenvalue weighted by Gasteiger charge is -2.17. The Morgan fingerprint density at radius 1 is 0.386 bits per heavy atom. The lowest BCUT2D eigenvalue weighted by Crippen LogP contribution is -2.42. The normalized spacial score (nSPS) is 12.5. The minimum absolute atomic E-state index is 0.0895. The summed E-state index contributed by atoms with van der Waals surface area (Å²) in [6.07, 6.45) is 30.0. The smallest absolute Gasteiger partial charge is 0.306 e. The number of ether oxygens (including phenoxy) is 2. The average Bonchev–Trinajstić information content (AvgIpc) is 3.35. The maximum atomic E-state index is 12.4. The number of hydrogen-bond donors (Lipinski definition) is 5. The van der Waals surface area contributed by atoms with Gasteiger partial charge < -0.3 is 36.5 Å². The van der Waals surface area contributed by atoms with Gasteiger partial charge in [0.1, 0.15) is 0 Å². The summed E-state index contributed by atoms with van der Waals surface area (Å²) in [4.78, 5) is 74.2. The van der Waals surface area contributed by atoms with E-state index in [4.69, 9.17) is 15.2 Å². The zero-order valence-electron chi connectivity index (χ0n) is 44.5. The molecule has 0 saturated carbocycles. The number of carbonyl (C=O) groups excluding carboxylic acids is 6. The lowest BCUT2D eigenvalue weighted by molar-refractivity contribution is -0.147. The van der Waals surface area contributed by atoms with Crippen LogP contribution < -0.4 is 27.0 Å². The van der Waals surface area contributed by atoms with Gasteiger partial charge in [-0.05, 0) is 43.9 Å². The molecule has 0 bridgehead atoms. The maximum absolute atomic E-state index is 12.4. The number of unbranched alkanes of at least 4 members (excludes halogenated alkanes) is 16. The molecule has 13 nitrogen and oxygen atoms in total. The van der Waals surface area contributed by atoms with Gasteiger partial charge in [-0.15, -0.1) is 0 Å². The van der Waals surface area contributed by atoms with E-state index in [1.807, 2.05) is 0 Å². The van der Waals surface area contributed by atoms with Gasteiger partial charge in [0.05, 0.1) is 32.1 Å². The van der Waals surface area contributed by atoms with E-state index < -0.39 is 6.04 Å². The van der Waals surface area contributed by atoms with Crippen molar-refractivity contribution in [1.29, 1.82) is 0 Å². The molecule has 70 heavy (non-hydrogen) atoms. The Bertz CT molecular complexity index is 1310. The second-order valence-electron chi connectivity index (χ2n) is 18.7. The molecule has 0 fully saturated rings. The number of rotatable bonds is 52. The number of nitrogens with one attached hydrogen (secondary N) is 4. The average molecular weight is 1060 g/mol. The van der Waals surface area contributed by atoms with Crippen LogP contribution in [-0.4, -0.2) is 104 Å². The molecule has 0 saturated heterocycles. The fraction of sp³-hybridized carbons (Fsp3) is 0.887. The lowest BCUT2D eigenvalue weighted by atomic mass is 9.95. The van der Waals surface area contributed by atoms with Crippen LogP contribution in [0.4, 0.5) is 0 Å². The Labute approximate surface area is 442 Å². The highest BCUT2D eigenvalue weighted by atomic mass is 33.1. The molecule has 0 heterocycles. The van der Waals surface area contributed by atoms with Gasteiger partial charge in [0, 0.05) is 68.5 Å². The third kappa shape index (κ3) is 47.2. The van der Waals surface area contributed by atoms with Crippen molar-refractivity contribution in [3.05, 3.63) is 0 Å². The van der Waals surface area contributed by atoms with E-state index in [1.54, 1.807) is 43.2 Å². The topological polar surface area (TPSA) is 195 Å². The van der Waals surface area contributed by atoms with E-state index in [1.165, 1.54) is 128 Å². The van der Waals surface area contributed by atoms with E-state index in [-0.39, 0.29) is 74.1 Å². The largest absolute Gasteiger partial charge is 0.465 e. The summed E-state index contributed by atoms with van der Waals surface area (Å²) >= 11 is 0. The summed E-state index contributed by atoms with van der Waals surface area (Å²) < 4.78 is 11.2. The summed E-state index contributed by atoms with van der Waals surface area (Å²) in [5, 5.41) is 11.4. The molecule has 3 unspecified atom stereocenters. The van der Waals surface area contributed by atoms with Gasteiger partial charge in [-0.25, -0.2) is 0 Å². The van der Waals surface area contributed by atoms with Crippen LogP contribution in [0.2, 0.25) is 0 Å². The van der Waals surface area contributed by atoms with Crippen LogP contribution >= 0.6 is 43.2 Å². The highest BCUT2D eigenvalue weighted by molar-refractivity contribution is 8.77. The van der Waals surface area contributed by atoms with Crippen molar-refractivity contribution in [2.45, 2.75) is 226 Å². The first-order valence-electron chi connectivity index (χ1n) is 27.7. The minimum Gasteiger partial charge on any atom is -0.465 e. The number of nitrogens with two attached hydrogens (primary N) is 1. The van der Waals surface area contributed by atoms with E-state index >= 15 is 0 Å². The minimum atomic E-state index is -0.777. The molecular formula is C53H101N5O8S4. The molecule has 0 aliphatic heterocycles. The van der Waals surface area contributed by atoms with Crippen LogP contribution in [0.15, 0.2) is 0 Å². The molecule has 0 spiro atoms.